The molecule has 4 nitrogen and oxygen atoms in total. The van der Waals surface area contributed by atoms with E-state index in [1.54, 1.807) is 30.3 Å². The van der Waals surface area contributed by atoms with E-state index >= 15 is 0 Å². The zero-order valence-corrected chi connectivity index (χ0v) is 17.6. The van der Waals surface area contributed by atoms with Crippen molar-refractivity contribution in [3.8, 4) is 11.5 Å². The average Bonchev–Trinajstić information content (AvgIpc) is 2.67. The van der Waals surface area contributed by atoms with E-state index in [9.17, 15) is 13.0 Å². The average molecular weight is 405 g/mol. The molecule has 0 saturated heterocycles. The first-order chi connectivity index (χ1) is 13.5. The standard InChI is InChI=1S/C23H32O4S/c1-2-3-4-5-6-7-8-9-11-15-20-16-14-19-22(23(20)28(24,25)26)27-21-17-12-10-13-18-21/h10,12-14,16-19H,2-9,11,15H2,1H3,(H,24,25,26). The molecule has 5 heteroatoms. The maximum absolute atomic E-state index is 12.0. The Morgan fingerprint density at radius 2 is 1.39 bits per heavy atom. The first-order valence-electron chi connectivity index (χ1n) is 10.3. The fraction of sp³-hybridized carbons (Fsp3) is 0.478. The summed E-state index contributed by atoms with van der Waals surface area (Å²) >= 11 is 0. The van der Waals surface area contributed by atoms with E-state index in [1.807, 2.05) is 18.2 Å². The van der Waals surface area contributed by atoms with Crippen molar-refractivity contribution in [2.75, 3.05) is 0 Å². The summed E-state index contributed by atoms with van der Waals surface area (Å²) in [4.78, 5) is -0.113. The fourth-order valence-corrected chi connectivity index (χ4v) is 4.24. The lowest BCUT2D eigenvalue weighted by Crippen LogP contribution is -2.06. The lowest BCUT2D eigenvalue weighted by atomic mass is 10.0. The van der Waals surface area contributed by atoms with Crippen molar-refractivity contribution in [3.05, 3.63) is 54.1 Å². The van der Waals surface area contributed by atoms with E-state index in [4.69, 9.17) is 4.74 Å². The number of benzene rings is 2. The summed E-state index contributed by atoms with van der Waals surface area (Å²) in [6.45, 7) is 2.22. The highest BCUT2D eigenvalue weighted by Gasteiger charge is 2.21. The molecule has 154 valence electrons. The van der Waals surface area contributed by atoms with Crippen molar-refractivity contribution < 1.29 is 17.7 Å². The molecule has 0 unspecified atom stereocenters. The highest BCUT2D eigenvalue weighted by atomic mass is 32.2. The molecule has 2 aromatic rings. The van der Waals surface area contributed by atoms with Crippen LogP contribution in [0.3, 0.4) is 0 Å². The van der Waals surface area contributed by atoms with Gasteiger partial charge in [-0.05, 0) is 36.6 Å². The number of aryl methyl sites for hydroxylation is 1. The van der Waals surface area contributed by atoms with Crippen LogP contribution >= 0.6 is 0 Å². The fourth-order valence-electron chi connectivity index (χ4n) is 3.37. The van der Waals surface area contributed by atoms with E-state index in [2.05, 4.69) is 6.92 Å². The lowest BCUT2D eigenvalue weighted by molar-refractivity contribution is 0.447. The molecule has 0 heterocycles. The Hall–Kier alpha value is -1.85. The van der Waals surface area contributed by atoms with Gasteiger partial charge in [0.15, 0.2) is 0 Å². The minimum atomic E-state index is -4.37. The normalized spacial score (nSPS) is 11.5. The number of hydrogen-bond donors (Lipinski definition) is 1. The Morgan fingerprint density at radius 1 is 0.786 bits per heavy atom. The summed E-state index contributed by atoms with van der Waals surface area (Å²) in [6.07, 6.45) is 11.4. The molecule has 0 aliphatic carbocycles. The van der Waals surface area contributed by atoms with E-state index < -0.39 is 10.1 Å². The van der Waals surface area contributed by atoms with Gasteiger partial charge in [0.05, 0.1) is 0 Å². The molecule has 28 heavy (non-hydrogen) atoms. The molecule has 0 amide bonds. The number of unbranched alkanes of at least 4 members (excludes halogenated alkanes) is 8. The van der Waals surface area contributed by atoms with Crippen molar-refractivity contribution in [1.82, 2.24) is 0 Å². The van der Waals surface area contributed by atoms with Crippen LogP contribution in [0.5, 0.6) is 11.5 Å². The van der Waals surface area contributed by atoms with Gasteiger partial charge < -0.3 is 4.74 Å². The van der Waals surface area contributed by atoms with Crippen LogP contribution in [0.25, 0.3) is 0 Å². The molecule has 0 bridgehead atoms. The van der Waals surface area contributed by atoms with Crippen LogP contribution in [0.4, 0.5) is 0 Å². The number of hydrogen-bond acceptors (Lipinski definition) is 3. The first kappa shape index (κ1) is 22.4. The third-order valence-electron chi connectivity index (χ3n) is 4.84. The van der Waals surface area contributed by atoms with Crippen LogP contribution in [-0.2, 0) is 16.5 Å². The van der Waals surface area contributed by atoms with Crippen LogP contribution < -0.4 is 4.74 Å². The van der Waals surface area contributed by atoms with E-state index in [1.165, 1.54) is 38.5 Å². The van der Waals surface area contributed by atoms with Gasteiger partial charge in [0.2, 0.25) is 0 Å². The van der Waals surface area contributed by atoms with Crippen molar-refractivity contribution in [2.45, 2.75) is 76.0 Å². The molecule has 0 radical (unpaired) electrons. The smallest absolute Gasteiger partial charge is 0.298 e. The van der Waals surface area contributed by atoms with Crippen LogP contribution in [-0.4, -0.2) is 13.0 Å². The number of para-hydroxylation sites is 1. The Morgan fingerprint density at radius 3 is 2.00 bits per heavy atom. The quantitative estimate of drug-likeness (QED) is 0.294. The van der Waals surface area contributed by atoms with Gasteiger partial charge >= 0.3 is 0 Å². The first-order valence-corrected chi connectivity index (χ1v) is 11.8. The topological polar surface area (TPSA) is 63.6 Å². The van der Waals surface area contributed by atoms with Gasteiger partial charge in [0.25, 0.3) is 10.1 Å². The lowest BCUT2D eigenvalue weighted by Gasteiger charge is -2.13. The number of ether oxygens (including phenoxy) is 1. The molecular weight excluding hydrogens is 372 g/mol. The van der Waals surface area contributed by atoms with Gasteiger partial charge in [-0.25, -0.2) is 0 Å². The summed E-state index contributed by atoms with van der Waals surface area (Å²) in [5.74, 6) is 0.703. The summed E-state index contributed by atoms with van der Waals surface area (Å²) in [6, 6.07) is 14.1. The van der Waals surface area contributed by atoms with E-state index in [-0.39, 0.29) is 10.6 Å². The van der Waals surface area contributed by atoms with Gasteiger partial charge in [-0.2, -0.15) is 8.42 Å². The molecule has 0 spiro atoms. The highest BCUT2D eigenvalue weighted by Crippen LogP contribution is 2.32. The summed E-state index contributed by atoms with van der Waals surface area (Å²) in [5.41, 5.74) is 0.610. The predicted molar refractivity (Wildman–Crippen MR) is 114 cm³/mol. The maximum Gasteiger partial charge on any atom is 0.298 e. The number of rotatable bonds is 13. The van der Waals surface area contributed by atoms with E-state index in [0.29, 0.717) is 17.7 Å². The minimum Gasteiger partial charge on any atom is -0.456 e. The molecule has 0 aliphatic heterocycles. The van der Waals surface area contributed by atoms with Crippen LogP contribution in [0.15, 0.2) is 53.4 Å². The zero-order chi connectivity index (χ0) is 20.2. The van der Waals surface area contributed by atoms with Gasteiger partial charge in [0, 0.05) is 0 Å². The van der Waals surface area contributed by atoms with Crippen LogP contribution in [0.2, 0.25) is 0 Å². The molecule has 0 atom stereocenters. The van der Waals surface area contributed by atoms with Gasteiger partial charge in [-0.1, -0.05) is 88.6 Å². The Balaban J connectivity index is 1.94. The third kappa shape index (κ3) is 7.64. The molecule has 0 fully saturated rings. The largest absolute Gasteiger partial charge is 0.456 e. The molecule has 0 aromatic heterocycles. The second kappa shape index (κ2) is 11.9. The molecule has 0 aliphatic rings. The maximum atomic E-state index is 12.0. The Labute approximate surface area is 169 Å². The molecule has 1 N–H and O–H groups in total. The van der Waals surface area contributed by atoms with Crippen molar-refractivity contribution in [1.29, 1.82) is 0 Å². The summed E-state index contributed by atoms with van der Waals surface area (Å²) in [7, 11) is -4.37. The Kier molecular flexibility index (Phi) is 9.51. The SMILES string of the molecule is CCCCCCCCCCCc1cccc(Oc2ccccc2)c1S(=O)(=O)O. The third-order valence-corrected chi connectivity index (χ3v) is 5.82. The van der Waals surface area contributed by atoms with Crippen molar-refractivity contribution in [3.63, 3.8) is 0 Å². The molecular formula is C23H32O4S. The van der Waals surface area contributed by atoms with Crippen molar-refractivity contribution in [2.24, 2.45) is 0 Å². The summed E-state index contributed by atoms with van der Waals surface area (Å²) < 4.78 is 39.5. The highest BCUT2D eigenvalue weighted by molar-refractivity contribution is 7.86. The predicted octanol–water partition coefficient (Wildman–Crippen LogP) is 6.80. The van der Waals surface area contributed by atoms with Crippen LogP contribution in [0.1, 0.15) is 70.3 Å². The molecule has 2 aromatic carbocycles. The van der Waals surface area contributed by atoms with Gasteiger partial charge in [-0.3, -0.25) is 4.55 Å². The summed E-state index contributed by atoms with van der Waals surface area (Å²) in [5, 5.41) is 0. The van der Waals surface area contributed by atoms with Crippen LogP contribution in [0, 0.1) is 0 Å². The van der Waals surface area contributed by atoms with E-state index in [0.717, 1.165) is 19.3 Å². The Bertz CT molecular complexity index is 801. The molecule has 2 rings (SSSR count). The monoisotopic (exact) mass is 404 g/mol. The second-order valence-electron chi connectivity index (χ2n) is 7.21. The second-order valence-corrected chi connectivity index (χ2v) is 8.57. The molecule has 0 saturated carbocycles. The van der Waals surface area contributed by atoms with Crippen molar-refractivity contribution >= 4 is 10.1 Å². The van der Waals surface area contributed by atoms with Gasteiger partial charge in [-0.15, -0.1) is 0 Å². The minimum absolute atomic E-state index is 0.113. The zero-order valence-electron chi connectivity index (χ0n) is 16.8. The van der Waals surface area contributed by atoms with Gasteiger partial charge in [0.1, 0.15) is 16.4 Å².